The van der Waals surface area contributed by atoms with Crippen molar-refractivity contribution in [1.29, 1.82) is 0 Å². The Morgan fingerprint density at radius 3 is 2.56 bits per heavy atom. The highest BCUT2D eigenvalue weighted by molar-refractivity contribution is 7.90. The van der Waals surface area contributed by atoms with Gasteiger partial charge in [-0.25, -0.2) is 12.7 Å². The Bertz CT molecular complexity index is 1320. The fraction of sp³-hybridized carbons (Fsp3) is 0.871. The van der Waals surface area contributed by atoms with Crippen LogP contribution in [0.25, 0.3) is 0 Å². The SMILES string of the molecule is O=C(N[C@@H]1C[C@@H]2CC3(S(=O)(=O)N4CC5CC6C(C4)CC6(CCN4CCOCC4)C5)C[C@H](C1)C23)c1cc(C2CC2)on1. The summed E-state index contributed by atoms with van der Waals surface area (Å²) in [6.07, 6.45) is 10.5. The number of carbonyl (C=O) groups is 1. The van der Waals surface area contributed by atoms with Crippen LogP contribution in [0.4, 0.5) is 0 Å². The third-order valence-electron chi connectivity index (χ3n) is 13.2. The number of sulfonamides is 1. The van der Waals surface area contributed by atoms with E-state index in [2.05, 4.69) is 15.4 Å². The Hall–Kier alpha value is -1.49. The molecule has 10 heteroatoms. The molecule has 1 aromatic heterocycles. The molecule has 3 heterocycles. The van der Waals surface area contributed by atoms with Gasteiger partial charge in [0.05, 0.1) is 18.0 Å². The summed E-state index contributed by atoms with van der Waals surface area (Å²) >= 11 is 0. The van der Waals surface area contributed by atoms with Crippen molar-refractivity contribution in [2.24, 2.45) is 40.9 Å². The standard InChI is InChI=1S/C31H44N4O5S/c36-29(26-12-27(40-33-26)20-1-2-20)32-24-10-21-15-31(16-22(11-24)28(21)31)41(37,38)35-17-19-9-25-23(18-35)14-30(25,13-19)3-4-34-5-7-39-8-6-34/h12,19-25,28H,1-11,13-18H2,(H,32,36)/t19?,21-,22+,23?,24-,25?,28?,30?,31?. The van der Waals surface area contributed by atoms with E-state index in [1.165, 1.54) is 32.2 Å². The van der Waals surface area contributed by atoms with Crippen LogP contribution in [0.2, 0.25) is 0 Å². The van der Waals surface area contributed by atoms with E-state index in [4.69, 9.17) is 9.26 Å². The lowest BCUT2D eigenvalue weighted by atomic mass is 9.42. The molecule has 0 aromatic carbocycles. The van der Waals surface area contributed by atoms with Crippen LogP contribution in [0.5, 0.6) is 0 Å². The minimum Gasteiger partial charge on any atom is -0.379 e. The van der Waals surface area contributed by atoms with Crippen LogP contribution in [0, 0.1) is 40.9 Å². The smallest absolute Gasteiger partial charge is 0.273 e. The van der Waals surface area contributed by atoms with Gasteiger partial charge in [-0.3, -0.25) is 9.69 Å². The first-order chi connectivity index (χ1) is 19.8. The maximum Gasteiger partial charge on any atom is 0.273 e. The number of morpholine rings is 1. The molecule has 224 valence electrons. The van der Waals surface area contributed by atoms with Gasteiger partial charge in [-0.2, -0.15) is 0 Å². The third kappa shape index (κ3) is 3.85. The monoisotopic (exact) mass is 584 g/mol. The molecule has 0 radical (unpaired) electrons. The highest BCUT2D eigenvalue weighted by atomic mass is 32.2. The molecule has 2 saturated heterocycles. The van der Waals surface area contributed by atoms with Gasteiger partial charge in [0.2, 0.25) is 10.0 Å². The highest BCUT2D eigenvalue weighted by Crippen LogP contribution is 2.71. The average molecular weight is 585 g/mol. The molecule has 1 amide bonds. The number of ether oxygens (including phenoxy) is 1. The molecule has 0 spiro atoms. The minimum absolute atomic E-state index is 0.102. The molecule has 1 N–H and O–H groups in total. The maximum atomic E-state index is 14.3. The van der Waals surface area contributed by atoms with Crippen LogP contribution < -0.4 is 5.32 Å². The molecule has 9 atom stereocenters. The number of hydrogen-bond donors (Lipinski definition) is 1. The van der Waals surface area contributed by atoms with Gasteiger partial charge in [0.1, 0.15) is 5.76 Å². The maximum absolute atomic E-state index is 14.3. The van der Waals surface area contributed by atoms with E-state index >= 15 is 0 Å². The molecular weight excluding hydrogens is 540 g/mol. The van der Waals surface area contributed by atoms with Crippen LogP contribution in [0.3, 0.4) is 0 Å². The van der Waals surface area contributed by atoms with Crippen LogP contribution in [-0.2, 0) is 14.8 Å². The largest absolute Gasteiger partial charge is 0.379 e. The van der Waals surface area contributed by atoms with Crippen molar-refractivity contribution >= 4 is 15.9 Å². The van der Waals surface area contributed by atoms with Gasteiger partial charge in [0.15, 0.2) is 5.69 Å². The first-order valence-corrected chi connectivity index (χ1v) is 17.8. The lowest BCUT2D eigenvalue weighted by molar-refractivity contribution is -0.109. The zero-order valence-corrected chi connectivity index (χ0v) is 24.8. The van der Waals surface area contributed by atoms with Gasteiger partial charge in [-0.05, 0) is 112 Å². The molecule has 6 saturated carbocycles. The molecule has 2 bridgehead atoms. The molecular formula is C31H44N4O5S. The lowest BCUT2D eigenvalue weighted by Crippen LogP contribution is -2.75. The second-order valence-corrected chi connectivity index (χ2v) is 17.6. The zero-order valence-electron chi connectivity index (χ0n) is 24.0. The normalized spacial score (nSPS) is 45.1. The second kappa shape index (κ2) is 9.02. The highest BCUT2D eigenvalue weighted by Gasteiger charge is 2.74. The number of rotatable bonds is 8. The fourth-order valence-corrected chi connectivity index (χ4v) is 14.2. The average Bonchev–Trinajstić information content (AvgIpc) is 3.60. The Kier molecular flexibility index (Phi) is 5.71. The number of carbonyl (C=O) groups excluding carboxylic acids is 1. The van der Waals surface area contributed by atoms with E-state index in [0.717, 1.165) is 89.6 Å². The van der Waals surface area contributed by atoms with Crippen molar-refractivity contribution in [2.45, 2.75) is 80.9 Å². The topological polar surface area (TPSA) is 105 Å². The molecule has 1 aromatic rings. The first kappa shape index (κ1) is 26.0. The van der Waals surface area contributed by atoms with Gasteiger partial charge in [-0.1, -0.05) is 5.16 Å². The van der Waals surface area contributed by atoms with E-state index in [0.29, 0.717) is 40.7 Å². The summed E-state index contributed by atoms with van der Waals surface area (Å²) in [6, 6.07) is 1.90. The summed E-state index contributed by atoms with van der Waals surface area (Å²) in [6.45, 7) is 6.51. The van der Waals surface area contributed by atoms with E-state index in [1.807, 2.05) is 4.31 Å². The third-order valence-corrected chi connectivity index (χ3v) is 15.8. The van der Waals surface area contributed by atoms with E-state index in [9.17, 15) is 13.2 Å². The molecule has 6 aliphatic carbocycles. The van der Waals surface area contributed by atoms with Crippen LogP contribution in [0.15, 0.2) is 10.6 Å². The minimum atomic E-state index is -3.31. The number of nitrogens with one attached hydrogen (secondary N) is 1. The quantitative estimate of drug-likeness (QED) is 0.500. The van der Waals surface area contributed by atoms with Crippen LogP contribution >= 0.6 is 0 Å². The number of hydrogen-bond acceptors (Lipinski definition) is 7. The second-order valence-electron chi connectivity index (χ2n) is 15.3. The summed E-state index contributed by atoms with van der Waals surface area (Å²) < 4.78 is 41.0. The Morgan fingerprint density at radius 2 is 1.80 bits per heavy atom. The Balaban J connectivity index is 0.823. The summed E-state index contributed by atoms with van der Waals surface area (Å²) in [5.74, 6) is 4.00. The van der Waals surface area contributed by atoms with Crippen molar-refractivity contribution in [2.75, 3.05) is 45.9 Å². The van der Waals surface area contributed by atoms with Crippen molar-refractivity contribution < 1.29 is 22.5 Å². The fourth-order valence-electron chi connectivity index (χ4n) is 11.3. The summed E-state index contributed by atoms with van der Waals surface area (Å²) in [4.78, 5) is 15.4. The Labute approximate surface area is 243 Å². The number of fused-ring (bicyclic) bond motifs is 1. The van der Waals surface area contributed by atoms with E-state index in [-0.39, 0.29) is 17.9 Å². The molecule has 9 nitrogen and oxygen atoms in total. The molecule has 41 heavy (non-hydrogen) atoms. The number of aromatic nitrogens is 1. The molecule has 8 aliphatic rings. The van der Waals surface area contributed by atoms with Crippen molar-refractivity contribution in [3.63, 3.8) is 0 Å². The summed E-state index contributed by atoms with van der Waals surface area (Å²) in [7, 11) is -3.31. The zero-order chi connectivity index (χ0) is 27.6. The van der Waals surface area contributed by atoms with Crippen molar-refractivity contribution in [3.05, 3.63) is 17.5 Å². The van der Waals surface area contributed by atoms with E-state index < -0.39 is 14.8 Å². The lowest BCUT2D eigenvalue weighted by Gasteiger charge is -2.70. The van der Waals surface area contributed by atoms with E-state index in [1.54, 1.807) is 6.07 Å². The predicted octanol–water partition coefficient (Wildman–Crippen LogP) is 3.24. The summed E-state index contributed by atoms with van der Waals surface area (Å²) in [5, 5.41) is 7.21. The number of amides is 1. The van der Waals surface area contributed by atoms with Gasteiger partial charge in [0.25, 0.3) is 5.91 Å². The first-order valence-electron chi connectivity index (χ1n) is 16.4. The van der Waals surface area contributed by atoms with Crippen LogP contribution in [-0.4, -0.2) is 85.4 Å². The van der Waals surface area contributed by atoms with Crippen molar-refractivity contribution in [3.8, 4) is 0 Å². The predicted molar refractivity (Wildman–Crippen MR) is 151 cm³/mol. The Morgan fingerprint density at radius 1 is 1.02 bits per heavy atom. The summed E-state index contributed by atoms with van der Waals surface area (Å²) in [5.41, 5.74) is 0.851. The van der Waals surface area contributed by atoms with Gasteiger partial charge < -0.3 is 14.6 Å². The molecule has 9 rings (SSSR count). The number of nitrogens with zero attached hydrogens (tertiary/aromatic N) is 3. The molecule has 6 unspecified atom stereocenters. The van der Waals surface area contributed by atoms with Gasteiger partial charge >= 0.3 is 0 Å². The van der Waals surface area contributed by atoms with Gasteiger partial charge in [0, 0.05) is 44.2 Å². The molecule has 8 fully saturated rings. The van der Waals surface area contributed by atoms with Gasteiger partial charge in [-0.15, -0.1) is 0 Å². The molecule has 2 aliphatic heterocycles. The van der Waals surface area contributed by atoms with Crippen LogP contribution in [0.1, 0.15) is 86.4 Å². The van der Waals surface area contributed by atoms with Crippen molar-refractivity contribution in [1.82, 2.24) is 19.7 Å².